The van der Waals surface area contributed by atoms with Crippen LogP contribution in [0.3, 0.4) is 0 Å². The lowest BCUT2D eigenvalue weighted by atomic mass is 10.1. The maximum atomic E-state index is 8.41. The Morgan fingerprint density at radius 3 is 1.73 bits per heavy atom. The predicted octanol–water partition coefficient (Wildman–Crippen LogP) is 1.73. The number of hydrogen-bond donors (Lipinski definition) is 3. The highest BCUT2D eigenvalue weighted by Gasteiger charge is 2.17. The summed E-state index contributed by atoms with van der Waals surface area (Å²) in [6.07, 6.45) is 6.31. The fraction of sp³-hybridized carbons (Fsp3) is 1.00. The summed E-state index contributed by atoms with van der Waals surface area (Å²) in [4.78, 5) is 0. The summed E-state index contributed by atoms with van der Waals surface area (Å²) in [5, 5.41) is 25.2. The van der Waals surface area contributed by atoms with Gasteiger partial charge in [-0.15, -0.1) is 0 Å². The molecule has 0 fully saturated rings. The van der Waals surface area contributed by atoms with Crippen LogP contribution in [0.4, 0.5) is 0 Å². The van der Waals surface area contributed by atoms with Crippen LogP contribution in [0.15, 0.2) is 0 Å². The fourth-order valence-electron chi connectivity index (χ4n) is 1.45. The lowest BCUT2D eigenvalue weighted by Gasteiger charge is -2.13. The Hall–Kier alpha value is -0.160. The minimum atomic E-state index is -2.96. The third-order valence-electron chi connectivity index (χ3n) is 2.29. The van der Waals surface area contributed by atoms with Crippen LogP contribution in [0.25, 0.3) is 0 Å². The lowest BCUT2D eigenvalue weighted by molar-refractivity contribution is -0.454. The summed E-state index contributed by atoms with van der Waals surface area (Å²) >= 11 is 0. The van der Waals surface area contributed by atoms with Crippen LogP contribution < -0.4 is 0 Å². The Kier molecular flexibility index (Phi) is 9.00. The molecule has 0 saturated heterocycles. The first-order chi connectivity index (χ1) is 7.06. The second-order valence-corrected chi connectivity index (χ2v) is 3.90. The van der Waals surface area contributed by atoms with Crippen LogP contribution in [0.1, 0.15) is 58.3 Å². The monoisotopic (exact) mass is 220 g/mol. The second kappa shape index (κ2) is 9.09. The zero-order chi connectivity index (χ0) is 11.6. The van der Waals surface area contributed by atoms with Crippen molar-refractivity contribution in [2.45, 2.75) is 64.4 Å². The smallest absolute Gasteiger partial charge is 0.319 e. The molecule has 15 heavy (non-hydrogen) atoms. The van der Waals surface area contributed by atoms with E-state index in [1.165, 1.54) is 32.1 Å². The minimum Gasteiger partial charge on any atom is -0.319 e. The summed E-state index contributed by atoms with van der Waals surface area (Å²) < 4.78 is 4.34. The standard InChI is InChI=1S/C11H24O4/c1-2-3-4-5-6-7-8-9-10-15-11(12,13)14/h12-14H,2-10H2,1H3. The average molecular weight is 220 g/mol. The van der Waals surface area contributed by atoms with Gasteiger partial charge in [-0.2, -0.15) is 0 Å². The van der Waals surface area contributed by atoms with Crippen molar-refractivity contribution in [3.63, 3.8) is 0 Å². The molecule has 4 nitrogen and oxygen atoms in total. The van der Waals surface area contributed by atoms with E-state index in [1.807, 2.05) is 0 Å². The molecule has 0 saturated carbocycles. The van der Waals surface area contributed by atoms with Crippen LogP contribution in [0, 0.1) is 0 Å². The maximum absolute atomic E-state index is 8.41. The van der Waals surface area contributed by atoms with Gasteiger partial charge in [0.15, 0.2) is 0 Å². The van der Waals surface area contributed by atoms with Crippen molar-refractivity contribution in [1.82, 2.24) is 0 Å². The number of rotatable bonds is 10. The minimum absolute atomic E-state index is 0.179. The van der Waals surface area contributed by atoms with Crippen LogP contribution in [0.5, 0.6) is 0 Å². The summed E-state index contributed by atoms with van der Waals surface area (Å²) in [7, 11) is 0. The van der Waals surface area contributed by atoms with Gasteiger partial charge in [-0.05, 0) is 6.42 Å². The van der Waals surface area contributed by atoms with Crippen LogP contribution in [0.2, 0.25) is 0 Å². The molecule has 4 heteroatoms. The van der Waals surface area contributed by atoms with Gasteiger partial charge in [-0.1, -0.05) is 51.9 Å². The van der Waals surface area contributed by atoms with E-state index in [4.69, 9.17) is 15.3 Å². The Balaban J connectivity index is 2.99. The Morgan fingerprint density at radius 2 is 1.27 bits per heavy atom. The van der Waals surface area contributed by atoms with E-state index in [0.29, 0.717) is 0 Å². The summed E-state index contributed by atoms with van der Waals surface area (Å²) in [6, 6.07) is 0. The van der Waals surface area contributed by atoms with Crippen LogP contribution in [-0.2, 0) is 4.74 Å². The molecule has 0 spiro atoms. The predicted molar refractivity (Wildman–Crippen MR) is 57.9 cm³/mol. The molecule has 0 amide bonds. The fourth-order valence-corrected chi connectivity index (χ4v) is 1.45. The number of ether oxygens (including phenoxy) is 1. The van der Waals surface area contributed by atoms with E-state index in [0.717, 1.165) is 19.3 Å². The molecule has 0 aromatic carbocycles. The first kappa shape index (κ1) is 14.8. The molecule has 0 radical (unpaired) electrons. The topological polar surface area (TPSA) is 69.9 Å². The number of unbranched alkanes of at least 4 members (excludes halogenated alkanes) is 7. The van der Waals surface area contributed by atoms with Gasteiger partial charge in [0.05, 0.1) is 6.61 Å². The van der Waals surface area contributed by atoms with Gasteiger partial charge in [0.25, 0.3) is 0 Å². The van der Waals surface area contributed by atoms with E-state index in [9.17, 15) is 0 Å². The van der Waals surface area contributed by atoms with E-state index < -0.39 is 6.16 Å². The molecule has 0 unspecified atom stereocenters. The Morgan fingerprint density at radius 1 is 0.800 bits per heavy atom. The second-order valence-electron chi connectivity index (χ2n) is 3.90. The van der Waals surface area contributed by atoms with Crippen molar-refractivity contribution in [3.8, 4) is 0 Å². The number of aliphatic hydroxyl groups is 3. The molecule has 3 N–H and O–H groups in total. The zero-order valence-electron chi connectivity index (χ0n) is 9.61. The molecule has 0 aliphatic heterocycles. The maximum Gasteiger partial charge on any atom is 0.404 e. The molecule has 0 aliphatic carbocycles. The molecule has 0 atom stereocenters. The van der Waals surface area contributed by atoms with Gasteiger partial charge < -0.3 is 20.1 Å². The van der Waals surface area contributed by atoms with Gasteiger partial charge in [0, 0.05) is 0 Å². The van der Waals surface area contributed by atoms with Gasteiger partial charge in [0.2, 0.25) is 0 Å². The highest BCUT2D eigenvalue weighted by atomic mass is 16.9. The lowest BCUT2D eigenvalue weighted by Crippen LogP contribution is -2.31. The molecule has 0 rings (SSSR count). The largest absolute Gasteiger partial charge is 0.404 e. The van der Waals surface area contributed by atoms with Crippen LogP contribution in [-0.4, -0.2) is 28.1 Å². The van der Waals surface area contributed by atoms with Crippen molar-refractivity contribution in [2.75, 3.05) is 6.61 Å². The first-order valence-corrected chi connectivity index (χ1v) is 5.87. The molecule has 0 aromatic rings. The Labute approximate surface area is 91.9 Å². The Bertz CT molecular complexity index is 131. The third kappa shape index (κ3) is 13.8. The van der Waals surface area contributed by atoms with Crippen molar-refractivity contribution < 1.29 is 20.1 Å². The average Bonchev–Trinajstić information content (AvgIpc) is 2.14. The van der Waals surface area contributed by atoms with Crippen molar-refractivity contribution in [1.29, 1.82) is 0 Å². The van der Waals surface area contributed by atoms with Crippen molar-refractivity contribution >= 4 is 0 Å². The van der Waals surface area contributed by atoms with Crippen molar-refractivity contribution in [2.24, 2.45) is 0 Å². The summed E-state index contributed by atoms with van der Waals surface area (Å²) in [5.41, 5.74) is 0. The molecular formula is C11H24O4. The third-order valence-corrected chi connectivity index (χ3v) is 2.29. The van der Waals surface area contributed by atoms with Crippen molar-refractivity contribution in [3.05, 3.63) is 0 Å². The zero-order valence-corrected chi connectivity index (χ0v) is 9.61. The van der Waals surface area contributed by atoms with Crippen LogP contribution >= 0.6 is 0 Å². The quantitative estimate of drug-likeness (QED) is 0.387. The first-order valence-electron chi connectivity index (χ1n) is 5.87. The highest BCUT2D eigenvalue weighted by Crippen LogP contribution is 2.08. The van der Waals surface area contributed by atoms with E-state index in [2.05, 4.69) is 11.7 Å². The van der Waals surface area contributed by atoms with Gasteiger partial charge in [-0.3, -0.25) is 0 Å². The van der Waals surface area contributed by atoms with Gasteiger partial charge in [-0.25, -0.2) is 0 Å². The summed E-state index contributed by atoms with van der Waals surface area (Å²) in [5.74, 6) is 0. The summed E-state index contributed by atoms with van der Waals surface area (Å²) in [6.45, 7) is 2.38. The van der Waals surface area contributed by atoms with E-state index >= 15 is 0 Å². The number of hydrogen-bond acceptors (Lipinski definition) is 4. The highest BCUT2D eigenvalue weighted by molar-refractivity contribution is 4.45. The SMILES string of the molecule is CCCCCCCCCCOC(O)(O)O. The van der Waals surface area contributed by atoms with E-state index in [1.54, 1.807) is 0 Å². The normalized spacial score (nSPS) is 12.0. The van der Waals surface area contributed by atoms with Gasteiger partial charge >= 0.3 is 6.16 Å². The van der Waals surface area contributed by atoms with Gasteiger partial charge in [0.1, 0.15) is 0 Å². The molecular weight excluding hydrogens is 196 g/mol. The molecule has 0 aromatic heterocycles. The molecule has 0 heterocycles. The molecule has 0 bridgehead atoms. The molecule has 0 aliphatic rings. The van der Waals surface area contributed by atoms with E-state index in [-0.39, 0.29) is 6.61 Å². The molecule has 92 valence electrons.